The molecule has 0 aliphatic rings. The maximum Gasteiger partial charge on any atom is 0.253 e. The lowest BCUT2D eigenvalue weighted by Crippen LogP contribution is -2.32. The quantitative estimate of drug-likeness (QED) is 0.696. The van der Waals surface area contributed by atoms with E-state index in [1.165, 1.54) is 24.3 Å². The average molecular weight is 371 g/mol. The first-order valence-corrected chi connectivity index (χ1v) is 9.22. The van der Waals surface area contributed by atoms with Crippen LogP contribution in [0.4, 0.5) is 15.8 Å². The van der Waals surface area contributed by atoms with Crippen molar-refractivity contribution in [2.24, 2.45) is 0 Å². The van der Waals surface area contributed by atoms with Gasteiger partial charge in [-0.05, 0) is 55.3 Å². The minimum atomic E-state index is -0.354. The maximum absolute atomic E-state index is 12.9. The van der Waals surface area contributed by atoms with E-state index >= 15 is 0 Å². The van der Waals surface area contributed by atoms with Crippen molar-refractivity contribution < 1.29 is 14.0 Å². The zero-order valence-electron chi connectivity index (χ0n) is 15.8. The first-order chi connectivity index (χ1) is 13.0. The summed E-state index contributed by atoms with van der Waals surface area (Å²) in [5.74, 6) is -0.608. The lowest BCUT2D eigenvalue weighted by Gasteiger charge is -2.21. The van der Waals surface area contributed by atoms with Crippen LogP contribution in [0, 0.1) is 5.82 Å². The number of carbonyl (C=O) groups excluding carboxylic acids is 2. The molecule has 6 heteroatoms. The molecule has 0 unspecified atom stereocenters. The Morgan fingerprint density at radius 3 is 2.26 bits per heavy atom. The number of anilines is 2. The summed E-state index contributed by atoms with van der Waals surface area (Å²) in [5.41, 5.74) is 1.82. The molecule has 0 fully saturated rings. The van der Waals surface area contributed by atoms with Crippen LogP contribution in [0.1, 0.15) is 37.0 Å². The maximum atomic E-state index is 12.9. The van der Waals surface area contributed by atoms with Crippen molar-refractivity contribution >= 4 is 23.2 Å². The van der Waals surface area contributed by atoms with Crippen molar-refractivity contribution in [3.05, 3.63) is 59.9 Å². The van der Waals surface area contributed by atoms with E-state index in [4.69, 9.17) is 0 Å². The molecule has 0 aliphatic carbocycles. The van der Waals surface area contributed by atoms with Crippen molar-refractivity contribution in [3.8, 4) is 0 Å². The molecule has 0 aliphatic heterocycles. The summed E-state index contributed by atoms with van der Waals surface area (Å²) < 4.78 is 12.9. The molecular formula is C21H26FN3O2. The van der Waals surface area contributed by atoms with Gasteiger partial charge in [-0.3, -0.25) is 9.59 Å². The number of carbonyl (C=O) groups is 2. The second kappa shape index (κ2) is 10.3. The normalized spacial score (nSPS) is 10.3. The van der Waals surface area contributed by atoms with Gasteiger partial charge in [0.2, 0.25) is 5.91 Å². The molecular weight excluding hydrogens is 345 g/mol. The van der Waals surface area contributed by atoms with Crippen LogP contribution in [0.15, 0.2) is 48.5 Å². The number of amides is 2. The third-order valence-corrected chi connectivity index (χ3v) is 3.96. The molecule has 0 bridgehead atoms. The molecule has 2 aromatic carbocycles. The molecule has 0 spiro atoms. The van der Waals surface area contributed by atoms with Gasteiger partial charge in [-0.25, -0.2) is 4.39 Å². The molecule has 0 radical (unpaired) electrons. The first-order valence-electron chi connectivity index (χ1n) is 9.22. The fourth-order valence-electron chi connectivity index (χ4n) is 2.72. The average Bonchev–Trinajstić information content (AvgIpc) is 2.68. The zero-order chi connectivity index (χ0) is 19.6. The Bertz CT molecular complexity index is 756. The Morgan fingerprint density at radius 2 is 1.63 bits per heavy atom. The van der Waals surface area contributed by atoms with Crippen LogP contribution in [0.2, 0.25) is 0 Å². The van der Waals surface area contributed by atoms with Gasteiger partial charge in [0.25, 0.3) is 5.91 Å². The second-order valence-corrected chi connectivity index (χ2v) is 6.28. The van der Waals surface area contributed by atoms with Crippen molar-refractivity contribution in [3.63, 3.8) is 0 Å². The van der Waals surface area contributed by atoms with Crippen LogP contribution in [-0.2, 0) is 4.79 Å². The Balaban J connectivity index is 1.95. The van der Waals surface area contributed by atoms with Crippen LogP contribution < -0.4 is 10.6 Å². The van der Waals surface area contributed by atoms with Crippen molar-refractivity contribution in [2.75, 3.05) is 30.3 Å². The predicted molar refractivity (Wildman–Crippen MR) is 106 cm³/mol. The van der Waals surface area contributed by atoms with Crippen LogP contribution in [0.5, 0.6) is 0 Å². The molecule has 0 heterocycles. The molecule has 0 saturated heterocycles. The Morgan fingerprint density at radius 1 is 0.963 bits per heavy atom. The summed E-state index contributed by atoms with van der Waals surface area (Å²) in [7, 11) is 0. The molecule has 0 aromatic heterocycles. The van der Waals surface area contributed by atoms with Crippen LogP contribution in [-0.4, -0.2) is 36.3 Å². The summed E-state index contributed by atoms with van der Waals surface area (Å²) in [6.07, 6.45) is 1.82. The van der Waals surface area contributed by atoms with Crippen molar-refractivity contribution in [2.45, 2.75) is 26.7 Å². The fraction of sp³-hybridized carbons (Fsp3) is 0.333. The highest BCUT2D eigenvalue weighted by Gasteiger charge is 2.14. The van der Waals surface area contributed by atoms with Gasteiger partial charge >= 0.3 is 0 Å². The van der Waals surface area contributed by atoms with E-state index in [0.717, 1.165) is 25.9 Å². The summed E-state index contributed by atoms with van der Waals surface area (Å²) in [6, 6.07) is 12.7. The molecule has 0 saturated carbocycles. The highest BCUT2D eigenvalue weighted by Crippen LogP contribution is 2.14. The van der Waals surface area contributed by atoms with Gasteiger partial charge in [0.1, 0.15) is 5.82 Å². The molecule has 2 rings (SSSR count). The van der Waals surface area contributed by atoms with Gasteiger partial charge in [-0.1, -0.05) is 19.9 Å². The van der Waals surface area contributed by atoms with Crippen LogP contribution in [0.25, 0.3) is 0 Å². The topological polar surface area (TPSA) is 61.4 Å². The molecule has 27 heavy (non-hydrogen) atoms. The van der Waals surface area contributed by atoms with E-state index in [0.29, 0.717) is 16.9 Å². The van der Waals surface area contributed by atoms with E-state index in [9.17, 15) is 14.0 Å². The van der Waals surface area contributed by atoms with Gasteiger partial charge in [0, 0.05) is 30.0 Å². The monoisotopic (exact) mass is 371 g/mol. The molecule has 5 nitrogen and oxygen atoms in total. The highest BCUT2D eigenvalue weighted by atomic mass is 19.1. The zero-order valence-corrected chi connectivity index (χ0v) is 15.8. The number of hydrogen-bond donors (Lipinski definition) is 2. The molecule has 2 N–H and O–H groups in total. The Labute approximate surface area is 159 Å². The predicted octanol–water partition coefficient (Wildman–Crippen LogP) is 4.14. The van der Waals surface area contributed by atoms with Gasteiger partial charge in [0.05, 0.1) is 6.54 Å². The smallest absolute Gasteiger partial charge is 0.253 e. The standard InChI is InChI=1S/C21H26FN3O2/c1-3-12-25(13-4-2)21(27)16-6-5-7-19(14-16)23-15-20(26)24-18-10-8-17(22)9-11-18/h5-11,14,23H,3-4,12-13,15H2,1-2H3,(H,24,26). The number of hydrogen-bond acceptors (Lipinski definition) is 3. The minimum Gasteiger partial charge on any atom is -0.376 e. The third-order valence-electron chi connectivity index (χ3n) is 3.96. The fourth-order valence-corrected chi connectivity index (χ4v) is 2.72. The first kappa shape index (κ1) is 20.4. The van der Waals surface area contributed by atoms with Crippen LogP contribution in [0.3, 0.4) is 0 Å². The molecule has 2 amide bonds. The number of nitrogens with one attached hydrogen (secondary N) is 2. The lowest BCUT2D eigenvalue weighted by atomic mass is 10.1. The SMILES string of the molecule is CCCN(CCC)C(=O)c1cccc(NCC(=O)Nc2ccc(F)cc2)c1. The lowest BCUT2D eigenvalue weighted by molar-refractivity contribution is -0.114. The van der Waals surface area contributed by atoms with E-state index in [1.54, 1.807) is 18.2 Å². The molecule has 2 aromatic rings. The van der Waals surface area contributed by atoms with Gasteiger partial charge in [-0.2, -0.15) is 0 Å². The summed E-state index contributed by atoms with van der Waals surface area (Å²) in [5, 5.41) is 5.70. The second-order valence-electron chi connectivity index (χ2n) is 6.28. The van der Waals surface area contributed by atoms with Crippen LogP contribution >= 0.6 is 0 Å². The number of nitrogens with zero attached hydrogens (tertiary/aromatic N) is 1. The number of rotatable bonds is 9. The van der Waals surface area contributed by atoms with E-state index in [1.807, 2.05) is 24.8 Å². The molecule has 144 valence electrons. The minimum absolute atomic E-state index is 0.00175. The van der Waals surface area contributed by atoms with Crippen molar-refractivity contribution in [1.29, 1.82) is 0 Å². The summed E-state index contributed by atoms with van der Waals surface area (Å²) >= 11 is 0. The van der Waals surface area contributed by atoms with Gasteiger partial charge < -0.3 is 15.5 Å². The van der Waals surface area contributed by atoms with E-state index in [2.05, 4.69) is 10.6 Å². The highest BCUT2D eigenvalue weighted by molar-refractivity contribution is 5.96. The third kappa shape index (κ3) is 6.40. The largest absolute Gasteiger partial charge is 0.376 e. The van der Waals surface area contributed by atoms with Crippen molar-refractivity contribution in [1.82, 2.24) is 4.90 Å². The molecule has 0 atom stereocenters. The number of halogens is 1. The van der Waals surface area contributed by atoms with E-state index < -0.39 is 0 Å². The Hall–Kier alpha value is -2.89. The summed E-state index contributed by atoms with van der Waals surface area (Å²) in [6.45, 7) is 5.60. The van der Waals surface area contributed by atoms with Gasteiger partial charge in [-0.15, -0.1) is 0 Å². The summed E-state index contributed by atoms with van der Waals surface area (Å²) in [4.78, 5) is 26.5. The van der Waals surface area contributed by atoms with E-state index in [-0.39, 0.29) is 24.2 Å². The van der Waals surface area contributed by atoms with Gasteiger partial charge in [0.15, 0.2) is 0 Å². The Kier molecular flexibility index (Phi) is 7.79. The number of benzene rings is 2.